The fraction of sp³-hybridized carbons (Fsp3) is 0.733. The molecule has 1 aliphatic rings. The summed E-state index contributed by atoms with van der Waals surface area (Å²) in [5, 5.41) is 27.4. The van der Waals surface area contributed by atoms with Crippen LogP contribution in [0.15, 0.2) is 12.2 Å². The van der Waals surface area contributed by atoms with Crippen LogP contribution in [0.1, 0.15) is 27.2 Å². The van der Waals surface area contributed by atoms with Gasteiger partial charge >= 0.3 is 5.97 Å². The number of quaternary nitrogens is 1. The summed E-state index contributed by atoms with van der Waals surface area (Å²) in [6, 6.07) is -1.33. The highest BCUT2D eigenvalue weighted by Crippen LogP contribution is 2.26. The number of nitrogens with zero attached hydrogens (tertiary/aromatic N) is 1. The van der Waals surface area contributed by atoms with Gasteiger partial charge in [-0.3, -0.25) is 14.9 Å². The molecule has 1 unspecified atom stereocenters. The van der Waals surface area contributed by atoms with Gasteiger partial charge in [-0.1, -0.05) is 12.2 Å². The Morgan fingerprint density at radius 1 is 1.55 bits per heavy atom. The van der Waals surface area contributed by atoms with Gasteiger partial charge < -0.3 is 20.3 Å². The van der Waals surface area contributed by atoms with Gasteiger partial charge in [-0.15, -0.1) is 0 Å². The number of allylic oxidation sites excluding steroid dienone is 1. The maximum Gasteiger partial charge on any atom is 0.320 e. The van der Waals surface area contributed by atoms with Crippen LogP contribution in [0.5, 0.6) is 0 Å². The van der Waals surface area contributed by atoms with Gasteiger partial charge in [0.05, 0.1) is 19.6 Å². The first-order valence-corrected chi connectivity index (χ1v) is 7.64. The molecular formula is C15H27N3O4. The molecule has 1 rings (SSSR count). The highest BCUT2D eigenvalue weighted by atomic mass is 16.5. The lowest BCUT2D eigenvalue weighted by Gasteiger charge is -2.42. The summed E-state index contributed by atoms with van der Waals surface area (Å²) < 4.78 is -0.483. The van der Waals surface area contributed by atoms with Gasteiger partial charge in [-0.2, -0.15) is 0 Å². The van der Waals surface area contributed by atoms with Crippen LogP contribution in [0.3, 0.4) is 0 Å². The molecule has 1 aliphatic heterocycles. The third-order valence-electron chi connectivity index (χ3n) is 4.17. The van der Waals surface area contributed by atoms with E-state index in [2.05, 4.69) is 10.6 Å². The average Bonchev–Trinajstić information content (AvgIpc) is 2.82. The Bertz CT molecular complexity index is 437. The number of hydroxylamine groups is 3. The van der Waals surface area contributed by atoms with E-state index in [0.29, 0.717) is 13.0 Å². The lowest BCUT2D eigenvalue weighted by Crippen LogP contribution is -2.58. The van der Waals surface area contributed by atoms with Crippen molar-refractivity contribution in [1.29, 1.82) is 0 Å². The first kappa shape index (κ1) is 18.6. The van der Waals surface area contributed by atoms with E-state index in [0.717, 1.165) is 0 Å². The van der Waals surface area contributed by atoms with E-state index in [4.69, 9.17) is 0 Å². The minimum atomic E-state index is -0.909. The smallest absolute Gasteiger partial charge is 0.320 e. The van der Waals surface area contributed by atoms with Crippen molar-refractivity contribution in [3.8, 4) is 0 Å². The first-order chi connectivity index (χ1) is 10.2. The van der Waals surface area contributed by atoms with Crippen molar-refractivity contribution in [3.05, 3.63) is 17.4 Å². The number of carbonyl (C=O) groups is 2. The molecule has 0 radical (unpaired) electrons. The number of nitrogens with one attached hydrogen (secondary N) is 2. The van der Waals surface area contributed by atoms with Gasteiger partial charge in [0.15, 0.2) is 0 Å². The second-order valence-corrected chi connectivity index (χ2v) is 6.11. The Hall–Kier alpha value is -1.44. The zero-order valence-electron chi connectivity index (χ0n) is 13.7. The molecule has 1 heterocycles. The zero-order valence-corrected chi connectivity index (χ0v) is 13.7. The third-order valence-corrected chi connectivity index (χ3v) is 4.17. The molecular weight excluding hydrogens is 286 g/mol. The van der Waals surface area contributed by atoms with Crippen molar-refractivity contribution in [2.24, 2.45) is 5.92 Å². The Kier molecular flexibility index (Phi) is 6.52. The Morgan fingerprint density at radius 3 is 2.64 bits per heavy atom. The number of rotatable bonds is 7. The fourth-order valence-corrected chi connectivity index (χ4v) is 2.93. The summed E-state index contributed by atoms with van der Waals surface area (Å²) in [5.74, 6) is -1.16. The van der Waals surface area contributed by atoms with Crippen molar-refractivity contribution in [1.82, 2.24) is 10.6 Å². The van der Waals surface area contributed by atoms with Gasteiger partial charge in [0.1, 0.15) is 12.6 Å². The molecule has 126 valence electrons. The normalized spacial score (nSPS) is 29.2. The molecule has 22 heavy (non-hydrogen) atoms. The number of hydrogen-bond acceptors (Lipinski definition) is 4. The number of carboxylic acid groups (broad SMARTS) is 1. The molecule has 0 aromatic rings. The van der Waals surface area contributed by atoms with Crippen LogP contribution in [0, 0.1) is 11.1 Å². The lowest BCUT2D eigenvalue weighted by molar-refractivity contribution is -0.860. The summed E-state index contributed by atoms with van der Waals surface area (Å²) in [4.78, 5) is 22.7. The molecule has 3 N–H and O–H groups in total. The highest BCUT2D eigenvalue weighted by molar-refractivity contribution is 5.75. The van der Waals surface area contributed by atoms with E-state index < -0.39 is 22.7 Å². The second kappa shape index (κ2) is 7.71. The van der Waals surface area contributed by atoms with E-state index >= 15 is 0 Å². The summed E-state index contributed by atoms with van der Waals surface area (Å²) >= 11 is 0. The van der Waals surface area contributed by atoms with Crippen LogP contribution >= 0.6 is 0 Å². The molecule has 7 nitrogen and oxygen atoms in total. The van der Waals surface area contributed by atoms with Gasteiger partial charge in [0.2, 0.25) is 5.91 Å². The second-order valence-electron chi connectivity index (χ2n) is 6.11. The van der Waals surface area contributed by atoms with Crippen LogP contribution in [0.4, 0.5) is 0 Å². The lowest BCUT2D eigenvalue weighted by atomic mass is 9.92. The third kappa shape index (κ3) is 5.08. The SMILES string of the molecule is C/C=C\[C@@H]1C[C@H](C(=O)O)N[C@H]1[C@H](C[N+](C)([O-])CC)NC(C)=O. The molecule has 0 saturated carbocycles. The monoisotopic (exact) mass is 313 g/mol. The summed E-state index contributed by atoms with van der Waals surface area (Å²) in [7, 11) is 1.56. The summed E-state index contributed by atoms with van der Waals surface area (Å²) in [6.45, 7) is 5.66. The molecule has 1 saturated heterocycles. The van der Waals surface area contributed by atoms with E-state index in [9.17, 15) is 19.9 Å². The molecule has 7 heteroatoms. The molecule has 0 aliphatic carbocycles. The van der Waals surface area contributed by atoms with Gasteiger partial charge in [0, 0.05) is 13.0 Å². The quantitative estimate of drug-likeness (QED) is 0.360. The highest BCUT2D eigenvalue weighted by Gasteiger charge is 2.41. The Labute approximate surface area is 131 Å². The molecule has 0 bridgehead atoms. The number of carbonyl (C=O) groups excluding carboxylic acids is 1. The minimum Gasteiger partial charge on any atom is -0.633 e. The number of carboxylic acids is 1. The molecule has 5 atom stereocenters. The maximum absolute atomic E-state index is 12.3. The van der Waals surface area contributed by atoms with Crippen LogP contribution in [-0.4, -0.2) is 59.9 Å². The standard InChI is InChI=1S/C15H27N3O4/c1-5-7-11-8-12(15(20)21)17-14(11)13(16-10(3)19)9-18(4,22)6-2/h5,7,11-14,17H,6,8-9H2,1-4H3,(H,16,19)(H,20,21)/b7-5-/t11-,12-,13+,14-,18?/m1/s1. The number of hydrogen-bond donors (Lipinski definition) is 3. The average molecular weight is 313 g/mol. The first-order valence-electron chi connectivity index (χ1n) is 7.64. The van der Waals surface area contributed by atoms with Crippen molar-refractivity contribution >= 4 is 11.9 Å². The summed E-state index contributed by atoms with van der Waals surface area (Å²) in [5.41, 5.74) is 0. The predicted molar refractivity (Wildman–Crippen MR) is 83.8 cm³/mol. The van der Waals surface area contributed by atoms with E-state index in [-0.39, 0.29) is 24.4 Å². The van der Waals surface area contributed by atoms with E-state index in [1.54, 1.807) is 14.0 Å². The Balaban J connectivity index is 2.98. The van der Waals surface area contributed by atoms with Crippen LogP contribution in [0.2, 0.25) is 0 Å². The molecule has 1 fully saturated rings. The van der Waals surface area contributed by atoms with Crippen molar-refractivity contribution in [2.75, 3.05) is 20.1 Å². The number of likely N-dealkylation sites (N-methyl/N-ethyl adjacent to an activating group) is 1. The van der Waals surface area contributed by atoms with Gasteiger partial charge in [0.25, 0.3) is 0 Å². The predicted octanol–water partition coefficient (Wildman–Crippen LogP) is 0.463. The maximum atomic E-state index is 12.3. The zero-order chi connectivity index (χ0) is 16.9. The van der Waals surface area contributed by atoms with E-state index in [1.807, 2.05) is 19.1 Å². The fourth-order valence-electron chi connectivity index (χ4n) is 2.93. The van der Waals surface area contributed by atoms with Crippen LogP contribution in [-0.2, 0) is 9.59 Å². The van der Waals surface area contributed by atoms with Crippen molar-refractivity contribution in [3.63, 3.8) is 0 Å². The number of amides is 1. The number of aliphatic carboxylic acids is 1. The van der Waals surface area contributed by atoms with Crippen LogP contribution in [0.25, 0.3) is 0 Å². The van der Waals surface area contributed by atoms with Gasteiger partial charge in [-0.25, -0.2) is 0 Å². The van der Waals surface area contributed by atoms with E-state index in [1.165, 1.54) is 6.92 Å². The summed E-state index contributed by atoms with van der Waals surface area (Å²) in [6.07, 6.45) is 4.27. The molecule has 0 aromatic carbocycles. The van der Waals surface area contributed by atoms with Crippen molar-refractivity contribution in [2.45, 2.75) is 45.3 Å². The molecule has 0 aromatic heterocycles. The largest absolute Gasteiger partial charge is 0.633 e. The van der Waals surface area contributed by atoms with Crippen LogP contribution < -0.4 is 10.6 Å². The van der Waals surface area contributed by atoms with Crippen molar-refractivity contribution < 1.29 is 19.3 Å². The molecule has 0 spiro atoms. The topological polar surface area (TPSA) is 101 Å². The minimum absolute atomic E-state index is 0.0280. The Morgan fingerprint density at radius 2 is 2.18 bits per heavy atom. The van der Waals surface area contributed by atoms with Gasteiger partial charge in [-0.05, 0) is 26.2 Å². The molecule has 1 amide bonds.